The van der Waals surface area contributed by atoms with E-state index in [4.69, 9.17) is 0 Å². The smallest absolute Gasteiger partial charge is 0.0377 e. The minimum atomic E-state index is 0.645. The topological polar surface area (TPSA) is 15.3 Å². The molecule has 1 saturated carbocycles. The molecule has 2 fully saturated rings. The van der Waals surface area contributed by atoms with Crippen molar-refractivity contribution in [2.24, 2.45) is 5.92 Å². The van der Waals surface area contributed by atoms with Crippen LogP contribution in [0.5, 0.6) is 0 Å². The highest BCUT2D eigenvalue weighted by Gasteiger charge is 2.37. The highest BCUT2D eigenvalue weighted by Crippen LogP contribution is 2.46. The second-order valence-corrected chi connectivity index (χ2v) is 7.32. The van der Waals surface area contributed by atoms with Gasteiger partial charge in [0.15, 0.2) is 0 Å². The number of nitrogens with one attached hydrogen (secondary N) is 1. The third-order valence-electron chi connectivity index (χ3n) is 5.77. The lowest BCUT2D eigenvalue weighted by Gasteiger charge is -2.35. The SMILES string of the molecule is c1ccc2c(c1)Cc1cc([C@@H](C3CC3)N3CCNCC3)ccc1-2. The Morgan fingerprint density at radius 3 is 2.52 bits per heavy atom. The number of fused-ring (bicyclic) bond motifs is 3. The summed E-state index contributed by atoms with van der Waals surface area (Å²) in [6.07, 6.45) is 3.93. The molecule has 118 valence electrons. The van der Waals surface area contributed by atoms with Crippen LogP contribution in [0.15, 0.2) is 42.5 Å². The summed E-state index contributed by atoms with van der Waals surface area (Å²) < 4.78 is 0. The van der Waals surface area contributed by atoms with Crippen LogP contribution < -0.4 is 5.32 Å². The van der Waals surface area contributed by atoms with Crippen LogP contribution in [-0.4, -0.2) is 31.1 Å². The Bertz CT molecular complexity index is 726. The largest absolute Gasteiger partial charge is 0.314 e. The molecule has 2 aromatic rings. The molecule has 0 radical (unpaired) electrons. The van der Waals surface area contributed by atoms with E-state index in [1.165, 1.54) is 48.2 Å². The zero-order valence-corrected chi connectivity index (χ0v) is 13.6. The average molecular weight is 304 g/mol. The van der Waals surface area contributed by atoms with Crippen LogP contribution in [-0.2, 0) is 6.42 Å². The number of nitrogens with zero attached hydrogens (tertiary/aromatic N) is 1. The Hall–Kier alpha value is -1.64. The summed E-state index contributed by atoms with van der Waals surface area (Å²) in [5.41, 5.74) is 7.48. The van der Waals surface area contributed by atoms with Crippen LogP contribution in [0.1, 0.15) is 35.6 Å². The van der Waals surface area contributed by atoms with Gasteiger partial charge in [-0.25, -0.2) is 0 Å². The molecule has 2 nitrogen and oxygen atoms in total. The summed E-state index contributed by atoms with van der Waals surface area (Å²) in [4.78, 5) is 2.72. The molecule has 2 aliphatic carbocycles. The monoisotopic (exact) mass is 304 g/mol. The Balaban J connectivity index is 1.50. The lowest BCUT2D eigenvalue weighted by molar-refractivity contribution is 0.156. The quantitative estimate of drug-likeness (QED) is 0.795. The molecule has 1 atom stereocenters. The molecule has 3 aliphatic rings. The Kier molecular flexibility index (Phi) is 3.27. The molecule has 0 spiro atoms. The van der Waals surface area contributed by atoms with Crippen LogP contribution in [0.25, 0.3) is 11.1 Å². The number of piperazine rings is 1. The van der Waals surface area contributed by atoms with Gasteiger partial charge in [0.1, 0.15) is 0 Å². The Morgan fingerprint density at radius 2 is 1.70 bits per heavy atom. The molecule has 1 N–H and O–H groups in total. The third-order valence-corrected chi connectivity index (χ3v) is 5.77. The highest BCUT2D eigenvalue weighted by molar-refractivity contribution is 5.77. The van der Waals surface area contributed by atoms with Crippen molar-refractivity contribution in [3.8, 4) is 11.1 Å². The average Bonchev–Trinajstić information content (AvgIpc) is 3.36. The van der Waals surface area contributed by atoms with Gasteiger partial charge in [-0.2, -0.15) is 0 Å². The molecule has 1 saturated heterocycles. The molecule has 1 aliphatic heterocycles. The first-order valence-corrected chi connectivity index (χ1v) is 9.06. The van der Waals surface area contributed by atoms with Gasteiger partial charge in [0, 0.05) is 32.2 Å². The summed E-state index contributed by atoms with van der Waals surface area (Å²) >= 11 is 0. The fraction of sp³-hybridized carbons (Fsp3) is 0.429. The summed E-state index contributed by atoms with van der Waals surface area (Å²) in [5, 5.41) is 3.49. The standard InChI is InChI=1S/C21H24N2/c1-2-4-19-16(3-1)13-18-14-17(7-8-20(18)19)21(15-5-6-15)23-11-9-22-10-12-23/h1-4,7-8,14-15,21-22H,5-6,9-13H2/t21-/m1/s1. The number of hydrogen-bond donors (Lipinski definition) is 1. The zero-order valence-electron chi connectivity index (χ0n) is 13.6. The molecule has 0 aromatic heterocycles. The summed E-state index contributed by atoms with van der Waals surface area (Å²) in [6, 6.07) is 16.8. The third kappa shape index (κ3) is 2.41. The van der Waals surface area contributed by atoms with Crippen LogP contribution in [0.2, 0.25) is 0 Å². The van der Waals surface area contributed by atoms with Crippen molar-refractivity contribution in [3.05, 3.63) is 59.2 Å². The van der Waals surface area contributed by atoms with Crippen molar-refractivity contribution in [2.75, 3.05) is 26.2 Å². The van der Waals surface area contributed by atoms with Crippen molar-refractivity contribution in [1.29, 1.82) is 0 Å². The number of rotatable bonds is 3. The maximum Gasteiger partial charge on any atom is 0.0377 e. The van der Waals surface area contributed by atoms with Gasteiger partial charge in [-0.15, -0.1) is 0 Å². The van der Waals surface area contributed by atoms with Crippen LogP contribution in [0, 0.1) is 5.92 Å². The van der Waals surface area contributed by atoms with Gasteiger partial charge in [0.25, 0.3) is 0 Å². The molecule has 0 bridgehead atoms. The van der Waals surface area contributed by atoms with Crippen molar-refractivity contribution >= 4 is 0 Å². The van der Waals surface area contributed by atoms with Gasteiger partial charge in [-0.3, -0.25) is 4.90 Å². The van der Waals surface area contributed by atoms with Crippen LogP contribution in [0.3, 0.4) is 0 Å². The van der Waals surface area contributed by atoms with Gasteiger partial charge in [-0.05, 0) is 53.0 Å². The first kappa shape index (κ1) is 13.8. The van der Waals surface area contributed by atoms with Crippen molar-refractivity contribution in [2.45, 2.75) is 25.3 Å². The van der Waals surface area contributed by atoms with Gasteiger partial charge < -0.3 is 5.32 Å². The highest BCUT2D eigenvalue weighted by atomic mass is 15.2. The molecule has 2 heteroatoms. The molecule has 0 unspecified atom stereocenters. The van der Waals surface area contributed by atoms with E-state index in [-0.39, 0.29) is 0 Å². The predicted molar refractivity (Wildman–Crippen MR) is 94.6 cm³/mol. The van der Waals surface area contributed by atoms with E-state index in [9.17, 15) is 0 Å². The Morgan fingerprint density at radius 1 is 0.913 bits per heavy atom. The molecule has 0 amide bonds. The van der Waals surface area contributed by atoms with E-state index in [0.717, 1.165) is 25.4 Å². The predicted octanol–water partition coefficient (Wildman–Crippen LogP) is 3.61. The molecule has 2 aromatic carbocycles. The summed E-state index contributed by atoms with van der Waals surface area (Å²) in [5.74, 6) is 0.884. The molecule has 5 rings (SSSR count). The Labute approximate surface area is 138 Å². The second kappa shape index (κ2) is 5.47. The maximum absolute atomic E-state index is 3.49. The van der Waals surface area contributed by atoms with Crippen LogP contribution in [0.4, 0.5) is 0 Å². The normalized spacial score (nSPS) is 21.7. The van der Waals surface area contributed by atoms with Crippen molar-refractivity contribution < 1.29 is 0 Å². The minimum absolute atomic E-state index is 0.645. The van der Waals surface area contributed by atoms with Gasteiger partial charge in [0.2, 0.25) is 0 Å². The fourth-order valence-electron chi connectivity index (χ4n) is 4.50. The maximum atomic E-state index is 3.49. The lowest BCUT2D eigenvalue weighted by Crippen LogP contribution is -2.45. The van der Waals surface area contributed by atoms with Gasteiger partial charge >= 0.3 is 0 Å². The van der Waals surface area contributed by atoms with E-state index in [2.05, 4.69) is 52.7 Å². The van der Waals surface area contributed by atoms with Crippen molar-refractivity contribution in [3.63, 3.8) is 0 Å². The number of hydrogen-bond acceptors (Lipinski definition) is 2. The zero-order chi connectivity index (χ0) is 15.2. The fourth-order valence-corrected chi connectivity index (χ4v) is 4.50. The van der Waals surface area contributed by atoms with E-state index in [0.29, 0.717) is 6.04 Å². The molecular weight excluding hydrogens is 280 g/mol. The molecular formula is C21H24N2. The lowest BCUT2D eigenvalue weighted by atomic mass is 9.95. The van der Waals surface area contributed by atoms with E-state index in [1.54, 1.807) is 5.56 Å². The van der Waals surface area contributed by atoms with E-state index >= 15 is 0 Å². The first-order chi connectivity index (χ1) is 11.4. The summed E-state index contributed by atoms with van der Waals surface area (Å²) in [7, 11) is 0. The minimum Gasteiger partial charge on any atom is -0.314 e. The van der Waals surface area contributed by atoms with Gasteiger partial charge in [-0.1, -0.05) is 42.5 Å². The second-order valence-electron chi connectivity index (χ2n) is 7.32. The van der Waals surface area contributed by atoms with Crippen molar-refractivity contribution in [1.82, 2.24) is 10.2 Å². The molecule has 1 heterocycles. The first-order valence-electron chi connectivity index (χ1n) is 9.06. The van der Waals surface area contributed by atoms with E-state index in [1.807, 2.05) is 0 Å². The summed E-state index contributed by atoms with van der Waals surface area (Å²) in [6.45, 7) is 4.66. The molecule has 23 heavy (non-hydrogen) atoms. The van der Waals surface area contributed by atoms with E-state index < -0.39 is 0 Å². The van der Waals surface area contributed by atoms with Gasteiger partial charge in [0.05, 0.1) is 0 Å². The van der Waals surface area contributed by atoms with Crippen LogP contribution >= 0.6 is 0 Å². The number of benzene rings is 2.